The molecule has 0 saturated carbocycles. The van der Waals surface area contributed by atoms with Crippen LogP contribution in [0.2, 0.25) is 0 Å². The molecule has 1 aromatic heterocycles. The van der Waals surface area contributed by atoms with Crippen LogP contribution in [0.1, 0.15) is 37.6 Å². The van der Waals surface area contributed by atoms with E-state index < -0.39 is 0 Å². The smallest absolute Gasteiger partial charge is 0.0484 e. The Labute approximate surface area is 102 Å². The lowest BCUT2D eigenvalue weighted by molar-refractivity contribution is 0.0688. The molecule has 1 fully saturated rings. The van der Waals surface area contributed by atoms with Crippen LogP contribution in [0, 0.1) is 5.92 Å². The number of nitrogens with zero attached hydrogens (tertiary/aromatic N) is 1. The Bertz CT molecular complexity index is 308. The predicted octanol–water partition coefficient (Wildman–Crippen LogP) is 2.87. The van der Waals surface area contributed by atoms with Crippen LogP contribution in [0.5, 0.6) is 0 Å². The average molecular weight is 238 g/mol. The molecule has 1 saturated heterocycles. The number of likely N-dealkylation sites (tertiary alicyclic amines) is 1. The molecule has 0 aromatic carbocycles. The molecule has 2 nitrogen and oxygen atoms in total. The van der Waals surface area contributed by atoms with Gasteiger partial charge in [0, 0.05) is 17.0 Å². The highest BCUT2D eigenvalue weighted by Crippen LogP contribution is 2.38. The molecule has 2 unspecified atom stereocenters. The lowest BCUT2D eigenvalue weighted by atomic mass is 9.87. The van der Waals surface area contributed by atoms with E-state index >= 15 is 0 Å². The summed E-state index contributed by atoms with van der Waals surface area (Å²) in [6.45, 7) is 6.61. The first-order chi connectivity index (χ1) is 7.74. The van der Waals surface area contributed by atoms with Crippen molar-refractivity contribution in [3.63, 3.8) is 0 Å². The maximum atomic E-state index is 5.94. The second kappa shape index (κ2) is 5.30. The van der Waals surface area contributed by atoms with Gasteiger partial charge in [-0.2, -0.15) is 0 Å². The second-order valence-corrected chi connectivity index (χ2v) is 5.91. The van der Waals surface area contributed by atoms with E-state index in [-0.39, 0.29) is 0 Å². The van der Waals surface area contributed by atoms with Crippen molar-refractivity contribution in [1.29, 1.82) is 0 Å². The zero-order valence-corrected chi connectivity index (χ0v) is 11.0. The molecule has 2 N–H and O–H groups in total. The summed E-state index contributed by atoms with van der Waals surface area (Å²) >= 11 is 1.87. The lowest BCUT2D eigenvalue weighted by Crippen LogP contribution is -2.44. The van der Waals surface area contributed by atoms with Gasteiger partial charge in [0.15, 0.2) is 0 Å². The lowest BCUT2D eigenvalue weighted by Gasteiger charge is -2.43. The molecule has 0 radical (unpaired) electrons. The molecule has 0 aliphatic carbocycles. The van der Waals surface area contributed by atoms with Crippen LogP contribution < -0.4 is 5.73 Å². The van der Waals surface area contributed by atoms with Crippen molar-refractivity contribution in [3.8, 4) is 0 Å². The van der Waals surface area contributed by atoms with Crippen LogP contribution in [0.4, 0.5) is 0 Å². The third-order valence-electron chi connectivity index (χ3n) is 3.60. The van der Waals surface area contributed by atoms with Crippen molar-refractivity contribution >= 4 is 11.3 Å². The summed E-state index contributed by atoms with van der Waals surface area (Å²) < 4.78 is 0. The largest absolute Gasteiger partial charge is 0.330 e. The molecule has 0 spiro atoms. The highest BCUT2D eigenvalue weighted by Gasteiger charge is 2.33. The molecular weight excluding hydrogens is 216 g/mol. The van der Waals surface area contributed by atoms with Crippen molar-refractivity contribution in [3.05, 3.63) is 22.4 Å². The van der Waals surface area contributed by atoms with Crippen LogP contribution in [-0.2, 0) is 0 Å². The third-order valence-corrected chi connectivity index (χ3v) is 4.54. The van der Waals surface area contributed by atoms with Gasteiger partial charge in [0.2, 0.25) is 0 Å². The Morgan fingerprint density at radius 1 is 1.56 bits per heavy atom. The van der Waals surface area contributed by atoms with Gasteiger partial charge < -0.3 is 5.73 Å². The van der Waals surface area contributed by atoms with E-state index in [9.17, 15) is 0 Å². The fourth-order valence-electron chi connectivity index (χ4n) is 2.79. The van der Waals surface area contributed by atoms with Gasteiger partial charge in [0.05, 0.1) is 0 Å². The van der Waals surface area contributed by atoms with Crippen LogP contribution in [0.3, 0.4) is 0 Å². The van der Waals surface area contributed by atoms with E-state index in [0.717, 1.165) is 6.54 Å². The van der Waals surface area contributed by atoms with Gasteiger partial charge in [0.1, 0.15) is 0 Å². The predicted molar refractivity (Wildman–Crippen MR) is 70.7 cm³/mol. The number of thiophene rings is 1. The van der Waals surface area contributed by atoms with Crippen molar-refractivity contribution < 1.29 is 0 Å². The Hall–Kier alpha value is -0.380. The minimum absolute atomic E-state index is 0.554. The highest BCUT2D eigenvalue weighted by atomic mass is 32.1. The molecule has 3 heteroatoms. The molecule has 1 aliphatic heterocycles. The highest BCUT2D eigenvalue weighted by molar-refractivity contribution is 7.10. The summed E-state index contributed by atoms with van der Waals surface area (Å²) in [5.74, 6) is 0.634. The topological polar surface area (TPSA) is 29.3 Å². The van der Waals surface area contributed by atoms with Crippen LogP contribution in [0.25, 0.3) is 0 Å². The van der Waals surface area contributed by atoms with Crippen LogP contribution >= 0.6 is 11.3 Å². The first-order valence-electron chi connectivity index (χ1n) is 6.23. The summed E-state index contributed by atoms with van der Waals surface area (Å²) in [7, 11) is 0. The number of hydrogen-bond donors (Lipinski definition) is 1. The monoisotopic (exact) mass is 238 g/mol. The molecule has 0 amide bonds. The number of piperidine rings is 1. The van der Waals surface area contributed by atoms with Crippen molar-refractivity contribution in [1.82, 2.24) is 4.90 Å². The number of hydrogen-bond acceptors (Lipinski definition) is 3. The third kappa shape index (κ3) is 2.31. The summed E-state index contributed by atoms with van der Waals surface area (Å²) in [4.78, 5) is 4.11. The Balaban J connectivity index is 2.24. The van der Waals surface area contributed by atoms with Gasteiger partial charge in [-0.05, 0) is 57.1 Å². The van der Waals surface area contributed by atoms with Gasteiger partial charge in [-0.25, -0.2) is 0 Å². The summed E-state index contributed by atoms with van der Waals surface area (Å²) in [5.41, 5.74) is 5.94. The standard InChI is InChI=1S/C13H22N2S/c1-10(2)15-7-3-5-11(9-14)13(15)12-6-4-8-16-12/h4,6,8,10-11,13H,3,5,7,9,14H2,1-2H3. The average Bonchev–Trinajstić information content (AvgIpc) is 2.81. The SMILES string of the molecule is CC(C)N1CCCC(CN)C1c1cccs1. The van der Waals surface area contributed by atoms with Gasteiger partial charge in [-0.3, -0.25) is 4.90 Å². The summed E-state index contributed by atoms with van der Waals surface area (Å²) in [6, 6.07) is 5.58. The van der Waals surface area contributed by atoms with Gasteiger partial charge in [-0.15, -0.1) is 11.3 Å². The summed E-state index contributed by atoms with van der Waals surface area (Å²) in [5, 5.41) is 2.18. The first-order valence-corrected chi connectivity index (χ1v) is 7.11. The fourth-order valence-corrected chi connectivity index (χ4v) is 3.72. The Kier molecular flexibility index (Phi) is 4.00. The van der Waals surface area contributed by atoms with E-state index in [1.165, 1.54) is 24.3 Å². The molecule has 2 heterocycles. The van der Waals surface area contributed by atoms with E-state index in [2.05, 4.69) is 36.3 Å². The Morgan fingerprint density at radius 2 is 2.38 bits per heavy atom. The zero-order chi connectivity index (χ0) is 11.5. The van der Waals surface area contributed by atoms with Crippen LogP contribution in [-0.4, -0.2) is 24.0 Å². The van der Waals surface area contributed by atoms with E-state index in [1.54, 1.807) is 0 Å². The van der Waals surface area contributed by atoms with E-state index in [1.807, 2.05) is 11.3 Å². The van der Waals surface area contributed by atoms with Gasteiger partial charge in [0.25, 0.3) is 0 Å². The maximum absolute atomic E-state index is 5.94. The normalized spacial score (nSPS) is 27.5. The molecule has 2 rings (SSSR count). The molecule has 2 atom stereocenters. The molecule has 0 bridgehead atoms. The Morgan fingerprint density at radius 3 is 2.94 bits per heavy atom. The van der Waals surface area contributed by atoms with Gasteiger partial charge >= 0.3 is 0 Å². The van der Waals surface area contributed by atoms with Gasteiger partial charge in [-0.1, -0.05) is 6.07 Å². The number of nitrogens with two attached hydrogens (primary N) is 1. The summed E-state index contributed by atoms with van der Waals surface area (Å²) in [6.07, 6.45) is 2.57. The molecule has 1 aliphatic rings. The van der Waals surface area contributed by atoms with Crippen LogP contribution in [0.15, 0.2) is 17.5 Å². The first kappa shape index (κ1) is 12.1. The quantitative estimate of drug-likeness (QED) is 0.877. The molecule has 1 aromatic rings. The fraction of sp³-hybridized carbons (Fsp3) is 0.692. The second-order valence-electron chi connectivity index (χ2n) is 4.93. The molecular formula is C13H22N2S. The van der Waals surface area contributed by atoms with Crippen molar-refractivity contribution in [2.45, 2.75) is 38.8 Å². The molecule has 90 valence electrons. The van der Waals surface area contributed by atoms with E-state index in [0.29, 0.717) is 18.0 Å². The number of rotatable bonds is 3. The molecule has 16 heavy (non-hydrogen) atoms. The minimum atomic E-state index is 0.554. The minimum Gasteiger partial charge on any atom is -0.330 e. The maximum Gasteiger partial charge on any atom is 0.0484 e. The van der Waals surface area contributed by atoms with E-state index in [4.69, 9.17) is 5.73 Å². The van der Waals surface area contributed by atoms with Crippen molar-refractivity contribution in [2.75, 3.05) is 13.1 Å². The van der Waals surface area contributed by atoms with Crippen molar-refractivity contribution in [2.24, 2.45) is 11.7 Å². The zero-order valence-electron chi connectivity index (χ0n) is 10.2.